The first-order chi connectivity index (χ1) is 15.1. The largest absolute Gasteiger partial charge is 0.457 e. The smallest absolute Gasteiger partial charge is 0.241 e. The molecule has 1 saturated heterocycles. The molecule has 31 heavy (non-hydrogen) atoms. The zero-order valence-corrected chi connectivity index (χ0v) is 18.3. The molecule has 0 radical (unpaired) electrons. The molecule has 0 spiro atoms. The summed E-state index contributed by atoms with van der Waals surface area (Å²) >= 11 is 6.33. The number of nitrogens with zero attached hydrogens (tertiary/aromatic N) is 2. The number of ether oxygens (including phenoxy) is 1. The molecule has 6 heteroatoms. The molecule has 3 aromatic rings. The van der Waals surface area contributed by atoms with Crippen LogP contribution in [0.3, 0.4) is 0 Å². The van der Waals surface area contributed by atoms with Crippen molar-refractivity contribution in [3.05, 3.63) is 83.9 Å². The molecule has 0 saturated carbocycles. The summed E-state index contributed by atoms with van der Waals surface area (Å²) in [7, 11) is 0. The number of halogens is 1. The van der Waals surface area contributed by atoms with Crippen LogP contribution in [0.2, 0.25) is 5.02 Å². The molecule has 1 N–H and O–H groups in total. The van der Waals surface area contributed by atoms with E-state index >= 15 is 0 Å². The van der Waals surface area contributed by atoms with Crippen molar-refractivity contribution in [2.45, 2.75) is 13.0 Å². The van der Waals surface area contributed by atoms with E-state index in [0.717, 1.165) is 54.1 Å². The minimum atomic E-state index is -0.214. The molecule has 0 bridgehead atoms. The summed E-state index contributed by atoms with van der Waals surface area (Å²) in [5, 5.41) is 3.78. The van der Waals surface area contributed by atoms with Crippen LogP contribution in [0.15, 0.2) is 78.9 Å². The first-order valence-electron chi connectivity index (χ1n) is 10.5. The number of hydrogen-bond acceptors (Lipinski definition) is 4. The van der Waals surface area contributed by atoms with Gasteiger partial charge in [-0.25, -0.2) is 0 Å². The van der Waals surface area contributed by atoms with Gasteiger partial charge >= 0.3 is 0 Å². The van der Waals surface area contributed by atoms with Crippen LogP contribution in [0, 0.1) is 0 Å². The quantitative estimate of drug-likeness (QED) is 0.572. The highest BCUT2D eigenvalue weighted by Gasteiger charge is 2.26. The Labute approximate surface area is 188 Å². The third-order valence-electron chi connectivity index (χ3n) is 5.54. The fourth-order valence-electron chi connectivity index (χ4n) is 3.70. The van der Waals surface area contributed by atoms with Crippen LogP contribution >= 0.6 is 11.6 Å². The first-order valence-corrected chi connectivity index (χ1v) is 10.9. The summed E-state index contributed by atoms with van der Waals surface area (Å²) < 4.78 is 5.80. The summed E-state index contributed by atoms with van der Waals surface area (Å²) in [4.78, 5) is 17.3. The molecule has 5 nitrogen and oxygen atoms in total. The van der Waals surface area contributed by atoms with Crippen molar-refractivity contribution in [3.8, 4) is 11.5 Å². The average Bonchev–Trinajstić information content (AvgIpc) is 2.81. The van der Waals surface area contributed by atoms with E-state index in [2.05, 4.69) is 15.1 Å². The Morgan fingerprint density at radius 3 is 2.16 bits per heavy atom. The van der Waals surface area contributed by atoms with Crippen LogP contribution in [0.5, 0.6) is 11.5 Å². The van der Waals surface area contributed by atoms with Crippen LogP contribution in [0.1, 0.15) is 6.92 Å². The van der Waals surface area contributed by atoms with Gasteiger partial charge in [0.05, 0.1) is 16.8 Å². The molecular weight excluding hydrogens is 410 g/mol. The van der Waals surface area contributed by atoms with E-state index in [1.54, 1.807) is 0 Å². The van der Waals surface area contributed by atoms with Gasteiger partial charge < -0.3 is 15.0 Å². The Hall–Kier alpha value is -3.02. The van der Waals surface area contributed by atoms with E-state index in [9.17, 15) is 4.79 Å². The predicted octanol–water partition coefficient (Wildman–Crippen LogP) is 5.28. The fourth-order valence-corrected chi connectivity index (χ4v) is 3.96. The van der Waals surface area contributed by atoms with Crippen molar-refractivity contribution in [1.82, 2.24) is 4.90 Å². The Bertz CT molecular complexity index is 1000. The number of hydrogen-bond donors (Lipinski definition) is 1. The molecule has 0 unspecified atom stereocenters. The monoisotopic (exact) mass is 435 g/mol. The second-order valence-corrected chi connectivity index (χ2v) is 7.99. The van der Waals surface area contributed by atoms with Crippen LogP contribution in [0.4, 0.5) is 11.4 Å². The summed E-state index contributed by atoms with van der Waals surface area (Å²) in [6.45, 7) is 5.25. The zero-order chi connectivity index (χ0) is 21.6. The highest BCUT2D eigenvalue weighted by atomic mass is 35.5. The summed E-state index contributed by atoms with van der Waals surface area (Å²) in [6, 6.07) is 24.7. The van der Waals surface area contributed by atoms with E-state index in [1.807, 2.05) is 85.8 Å². The molecule has 1 atom stereocenters. The van der Waals surface area contributed by atoms with Gasteiger partial charge in [-0.1, -0.05) is 41.9 Å². The number of rotatable bonds is 6. The molecule has 1 aliphatic rings. The lowest BCUT2D eigenvalue weighted by molar-refractivity contribution is -0.120. The van der Waals surface area contributed by atoms with Gasteiger partial charge in [-0.3, -0.25) is 9.69 Å². The predicted molar refractivity (Wildman–Crippen MR) is 126 cm³/mol. The van der Waals surface area contributed by atoms with Gasteiger partial charge in [0.25, 0.3) is 0 Å². The fraction of sp³-hybridized carbons (Fsp3) is 0.240. The summed E-state index contributed by atoms with van der Waals surface area (Å²) in [5.74, 6) is 1.50. The standard InChI is InChI=1S/C25H26ClN3O2/c1-19(28-15-17-29(18-16-28)24-10-6-5-9-23(24)26)25(30)27-20-11-13-22(14-12-20)31-21-7-3-2-4-8-21/h2-14,19H,15-18H2,1H3,(H,27,30)/t19-/m0/s1. The minimum absolute atomic E-state index is 0.0112. The summed E-state index contributed by atoms with van der Waals surface area (Å²) in [6.07, 6.45) is 0. The molecule has 0 aliphatic carbocycles. The molecular formula is C25H26ClN3O2. The number of carbonyl (C=O) groups is 1. The summed E-state index contributed by atoms with van der Waals surface area (Å²) in [5.41, 5.74) is 1.81. The topological polar surface area (TPSA) is 44.8 Å². The lowest BCUT2D eigenvalue weighted by Gasteiger charge is -2.38. The van der Waals surface area contributed by atoms with Gasteiger partial charge in [0.2, 0.25) is 5.91 Å². The van der Waals surface area contributed by atoms with Crippen molar-refractivity contribution in [2.24, 2.45) is 0 Å². The van der Waals surface area contributed by atoms with Crippen molar-refractivity contribution < 1.29 is 9.53 Å². The van der Waals surface area contributed by atoms with Crippen molar-refractivity contribution in [3.63, 3.8) is 0 Å². The van der Waals surface area contributed by atoms with E-state index in [-0.39, 0.29) is 11.9 Å². The molecule has 4 rings (SSSR count). The average molecular weight is 436 g/mol. The molecule has 1 fully saturated rings. The van der Waals surface area contributed by atoms with Gasteiger partial charge in [0.1, 0.15) is 11.5 Å². The number of benzene rings is 3. The maximum Gasteiger partial charge on any atom is 0.241 e. The lowest BCUT2D eigenvalue weighted by Crippen LogP contribution is -2.52. The highest BCUT2D eigenvalue weighted by molar-refractivity contribution is 6.33. The molecule has 3 aromatic carbocycles. The maximum atomic E-state index is 12.8. The number of para-hydroxylation sites is 2. The number of carbonyl (C=O) groups excluding carboxylic acids is 1. The van der Waals surface area contributed by atoms with Crippen molar-refractivity contribution in [2.75, 3.05) is 36.4 Å². The van der Waals surface area contributed by atoms with Gasteiger partial charge in [0, 0.05) is 31.9 Å². The van der Waals surface area contributed by atoms with Crippen molar-refractivity contribution in [1.29, 1.82) is 0 Å². The Morgan fingerprint density at radius 1 is 0.871 bits per heavy atom. The van der Waals surface area contributed by atoms with E-state index < -0.39 is 0 Å². The number of anilines is 2. The van der Waals surface area contributed by atoms with Gasteiger partial charge in [-0.15, -0.1) is 0 Å². The minimum Gasteiger partial charge on any atom is -0.457 e. The Kier molecular flexibility index (Phi) is 6.75. The van der Waals surface area contributed by atoms with E-state index in [0.29, 0.717) is 0 Å². The molecule has 1 heterocycles. The zero-order valence-electron chi connectivity index (χ0n) is 17.5. The third-order valence-corrected chi connectivity index (χ3v) is 5.85. The second kappa shape index (κ2) is 9.86. The van der Waals surface area contributed by atoms with Crippen LogP contribution in [-0.4, -0.2) is 43.0 Å². The van der Waals surface area contributed by atoms with E-state index in [1.165, 1.54) is 0 Å². The Balaban J connectivity index is 1.29. The molecule has 1 aliphatic heterocycles. The maximum absolute atomic E-state index is 12.8. The van der Waals surface area contributed by atoms with Gasteiger partial charge in [0.15, 0.2) is 0 Å². The number of amides is 1. The Morgan fingerprint density at radius 2 is 1.48 bits per heavy atom. The normalized spacial score (nSPS) is 15.4. The second-order valence-electron chi connectivity index (χ2n) is 7.58. The number of nitrogens with one attached hydrogen (secondary N) is 1. The van der Waals surface area contributed by atoms with Crippen molar-refractivity contribution >= 4 is 28.9 Å². The molecule has 1 amide bonds. The lowest BCUT2D eigenvalue weighted by atomic mass is 10.2. The molecule has 160 valence electrons. The van der Waals surface area contributed by atoms with Crippen LogP contribution < -0.4 is 15.0 Å². The third kappa shape index (κ3) is 5.37. The van der Waals surface area contributed by atoms with Gasteiger partial charge in [-0.2, -0.15) is 0 Å². The van der Waals surface area contributed by atoms with Crippen LogP contribution in [0.25, 0.3) is 0 Å². The molecule has 0 aromatic heterocycles. The van der Waals surface area contributed by atoms with E-state index in [4.69, 9.17) is 16.3 Å². The first kappa shape index (κ1) is 21.2. The highest BCUT2D eigenvalue weighted by Crippen LogP contribution is 2.27. The number of piperazine rings is 1. The van der Waals surface area contributed by atoms with Crippen LogP contribution in [-0.2, 0) is 4.79 Å². The SMILES string of the molecule is C[C@@H](C(=O)Nc1ccc(Oc2ccccc2)cc1)N1CCN(c2ccccc2Cl)CC1. The van der Waals surface area contributed by atoms with Gasteiger partial charge in [-0.05, 0) is 55.5 Å².